The van der Waals surface area contributed by atoms with Crippen molar-refractivity contribution in [3.05, 3.63) is 101 Å². The molecule has 1 amide bonds. The van der Waals surface area contributed by atoms with Crippen LogP contribution in [0.4, 0.5) is 5.69 Å². The number of fused-ring (bicyclic) bond motifs is 1. The highest BCUT2D eigenvalue weighted by Crippen LogP contribution is 2.40. The van der Waals surface area contributed by atoms with E-state index in [-0.39, 0.29) is 11.5 Å². The molecule has 3 heterocycles. The lowest BCUT2D eigenvalue weighted by molar-refractivity contribution is -0.113. The van der Waals surface area contributed by atoms with Crippen molar-refractivity contribution in [2.75, 3.05) is 26.6 Å². The molecule has 10 heteroatoms. The van der Waals surface area contributed by atoms with Crippen LogP contribution in [0.1, 0.15) is 23.4 Å². The zero-order chi connectivity index (χ0) is 26.8. The second kappa shape index (κ2) is 10.7. The summed E-state index contributed by atoms with van der Waals surface area (Å²) in [6.07, 6.45) is 1.75. The fourth-order valence-electron chi connectivity index (χ4n) is 4.43. The Morgan fingerprint density at radius 1 is 1.00 bits per heavy atom. The van der Waals surface area contributed by atoms with E-state index < -0.39 is 6.04 Å². The number of para-hydroxylation sites is 1. The minimum absolute atomic E-state index is 0.249. The van der Waals surface area contributed by atoms with Gasteiger partial charge in [0.2, 0.25) is 5.75 Å². The lowest BCUT2D eigenvalue weighted by atomic mass is 10.0. The van der Waals surface area contributed by atoms with Crippen LogP contribution in [0.3, 0.4) is 0 Å². The largest absolute Gasteiger partial charge is 0.493 e. The van der Waals surface area contributed by atoms with Gasteiger partial charge >= 0.3 is 0 Å². The lowest BCUT2D eigenvalue weighted by Crippen LogP contribution is -2.40. The van der Waals surface area contributed by atoms with Crippen LogP contribution in [-0.2, 0) is 4.79 Å². The summed E-state index contributed by atoms with van der Waals surface area (Å²) in [6.45, 7) is 1.80. The monoisotopic (exact) mass is 547 g/mol. The number of methoxy groups -OCH3 is 3. The number of benzene rings is 2. The third-order valence-electron chi connectivity index (χ3n) is 6.13. The van der Waals surface area contributed by atoms with Crippen molar-refractivity contribution in [1.82, 2.24) is 4.57 Å². The highest BCUT2D eigenvalue weighted by molar-refractivity contribution is 7.10. The number of nitrogens with one attached hydrogen (secondary N) is 1. The van der Waals surface area contributed by atoms with E-state index in [1.807, 2.05) is 47.8 Å². The summed E-state index contributed by atoms with van der Waals surface area (Å²) < 4.78 is 18.5. The van der Waals surface area contributed by atoms with E-state index in [0.29, 0.717) is 49.1 Å². The van der Waals surface area contributed by atoms with Gasteiger partial charge in [0.05, 0.1) is 37.1 Å². The number of thiazole rings is 1. The second-order valence-corrected chi connectivity index (χ2v) is 10.3. The Balaban J connectivity index is 1.66. The van der Waals surface area contributed by atoms with E-state index in [4.69, 9.17) is 14.2 Å². The van der Waals surface area contributed by atoms with Crippen molar-refractivity contribution in [3.8, 4) is 17.2 Å². The summed E-state index contributed by atoms with van der Waals surface area (Å²) in [6, 6.07) is 16.0. The Kier molecular flexibility index (Phi) is 7.17. The highest BCUT2D eigenvalue weighted by Gasteiger charge is 2.33. The third-order valence-corrected chi connectivity index (χ3v) is 8.04. The van der Waals surface area contributed by atoms with E-state index >= 15 is 0 Å². The summed E-state index contributed by atoms with van der Waals surface area (Å²) in [5.74, 6) is 1.10. The van der Waals surface area contributed by atoms with Gasteiger partial charge in [0.25, 0.3) is 11.5 Å². The van der Waals surface area contributed by atoms with Gasteiger partial charge in [-0.25, -0.2) is 4.99 Å². The van der Waals surface area contributed by atoms with Crippen LogP contribution >= 0.6 is 22.7 Å². The number of hydrogen-bond acceptors (Lipinski definition) is 8. The average Bonchev–Trinajstić information content (AvgIpc) is 3.56. The third kappa shape index (κ3) is 4.52. The first-order valence-electron chi connectivity index (χ1n) is 11.7. The van der Waals surface area contributed by atoms with Gasteiger partial charge in [0, 0.05) is 16.1 Å². The van der Waals surface area contributed by atoms with Crippen LogP contribution in [0.15, 0.2) is 81.0 Å². The summed E-state index contributed by atoms with van der Waals surface area (Å²) in [7, 11) is 4.62. The molecule has 38 heavy (non-hydrogen) atoms. The fraction of sp³-hybridized carbons (Fsp3) is 0.179. The molecular formula is C28H25N3O5S2. The molecule has 0 spiro atoms. The molecule has 1 atom stereocenters. The molecule has 0 bridgehead atoms. The second-order valence-electron chi connectivity index (χ2n) is 8.34. The fourth-order valence-corrected chi connectivity index (χ4v) is 6.29. The molecule has 5 rings (SSSR count). The SMILES string of the molecule is COc1ccc(C=c2sc3n(c2=O)C(c2cccs2)C(C(=O)Nc2ccccc2)=C(C)N=3)c(OC)c1OC. The van der Waals surface area contributed by atoms with Gasteiger partial charge in [-0.1, -0.05) is 35.6 Å². The van der Waals surface area contributed by atoms with Gasteiger partial charge in [0.1, 0.15) is 6.04 Å². The Labute approximate surface area is 226 Å². The lowest BCUT2D eigenvalue weighted by Gasteiger charge is -2.24. The van der Waals surface area contributed by atoms with Gasteiger partial charge in [-0.2, -0.15) is 0 Å². The minimum atomic E-state index is -0.607. The number of ether oxygens (including phenoxy) is 3. The number of carbonyl (C=O) groups is 1. The van der Waals surface area contributed by atoms with Crippen LogP contribution in [0.2, 0.25) is 0 Å². The van der Waals surface area contributed by atoms with E-state index in [2.05, 4.69) is 10.3 Å². The molecule has 2 aromatic heterocycles. The Morgan fingerprint density at radius 3 is 2.42 bits per heavy atom. The molecule has 194 valence electrons. The molecule has 1 aliphatic heterocycles. The van der Waals surface area contributed by atoms with Gasteiger partial charge in [-0.15, -0.1) is 11.3 Å². The van der Waals surface area contributed by atoms with Crippen molar-refractivity contribution in [2.45, 2.75) is 13.0 Å². The summed E-state index contributed by atoms with van der Waals surface area (Å²) in [5.41, 5.74) is 2.07. The van der Waals surface area contributed by atoms with Crippen molar-refractivity contribution >= 4 is 40.3 Å². The van der Waals surface area contributed by atoms with Crippen LogP contribution in [0, 0.1) is 0 Å². The Morgan fingerprint density at radius 2 is 1.76 bits per heavy atom. The zero-order valence-corrected chi connectivity index (χ0v) is 22.8. The molecule has 8 nitrogen and oxygen atoms in total. The van der Waals surface area contributed by atoms with Gasteiger partial charge in [-0.05, 0) is 48.7 Å². The molecule has 1 N–H and O–H groups in total. The number of aromatic nitrogens is 1. The number of hydrogen-bond donors (Lipinski definition) is 1. The van der Waals surface area contributed by atoms with Gasteiger partial charge < -0.3 is 19.5 Å². The molecule has 4 aromatic rings. The summed E-state index contributed by atoms with van der Waals surface area (Å²) in [4.78, 5) is 33.5. The maximum atomic E-state index is 13.9. The molecule has 0 fully saturated rings. The molecule has 1 aliphatic rings. The van der Waals surface area contributed by atoms with Crippen molar-refractivity contribution < 1.29 is 19.0 Å². The van der Waals surface area contributed by atoms with Gasteiger partial charge in [-0.3, -0.25) is 14.2 Å². The summed E-state index contributed by atoms with van der Waals surface area (Å²) >= 11 is 2.75. The van der Waals surface area contributed by atoms with Crippen LogP contribution in [0.5, 0.6) is 17.2 Å². The topological polar surface area (TPSA) is 91.2 Å². The van der Waals surface area contributed by atoms with Gasteiger partial charge in [0.15, 0.2) is 16.3 Å². The number of nitrogens with zero attached hydrogens (tertiary/aromatic N) is 2. The summed E-state index contributed by atoms with van der Waals surface area (Å²) in [5, 5.41) is 4.89. The van der Waals surface area contributed by atoms with Crippen molar-refractivity contribution in [1.29, 1.82) is 0 Å². The first kappa shape index (κ1) is 25.5. The minimum Gasteiger partial charge on any atom is -0.493 e. The van der Waals surface area contributed by atoms with E-state index in [1.165, 1.54) is 36.9 Å². The first-order chi connectivity index (χ1) is 18.5. The highest BCUT2D eigenvalue weighted by atomic mass is 32.1. The Bertz CT molecular complexity index is 1700. The normalized spacial score (nSPS) is 15.1. The molecule has 0 saturated carbocycles. The molecular weight excluding hydrogens is 522 g/mol. The number of amides is 1. The smallest absolute Gasteiger partial charge is 0.271 e. The van der Waals surface area contributed by atoms with E-state index in [9.17, 15) is 9.59 Å². The van der Waals surface area contributed by atoms with Crippen LogP contribution in [0.25, 0.3) is 6.08 Å². The van der Waals surface area contributed by atoms with Crippen LogP contribution < -0.4 is 34.4 Å². The predicted octanol–water partition coefficient (Wildman–Crippen LogP) is 3.96. The molecule has 1 unspecified atom stereocenters. The van der Waals surface area contributed by atoms with Crippen molar-refractivity contribution in [3.63, 3.8) is 0 Å². The number of allylic oxidation sites excluding steroid dienone is 1. The number of rotatable bonds is 7. The quantitative estimate of drug-likeness (QED) is 0.378. The molecule has 2 aromatic carbocycles. The maximum absolute atomic E-state index is 13.9. The maximum Gasteiger partial charge on any atom is 0.271 e. The first-order valence-corrected chi connectivity index (χ1v) is 13.4. The standard InChI is InChI=1S/C28H25N3O5S2/c1-16-22(26(32)30-18-9-6-5-7-10-18)23(20-11-8-14-37-20)31-27(33)21(38-28(31)29-16)15-17-12-13-19(34-2)25(36-4)24(17)35-3/h5-15,23H,1-4H3,(H,30,32). The van der Waals surface area contributed by atoms with Crippen LogP contribution in [-0.4, -0.2) is 31.8 Å². The molecule has 0 aliphatic carbocycles. The predicted molar refractivity (Wildman–Crippen MR) is 149 cm³/mol. The zero-order valence-electron chi connectivity index (χ0n) is 21.2. The molecule has 0 radical (unpaired) electrons. The average molecular weight is 548 g/mol. The van der Waals surface area contributed by atoms with E-state index in [1.54, 1.807) is 36.8 Å². The van der Waals surface area contributed by atoms with E-state index in [0.717, 1.165) is 4.88 Å². The molecule has 0 saturated heterocycles. The number of anilines is 1. The van der Waals surface area contributed by atoms with Crippen molar-refractivity contribution in [2.24, 2.45) is 4.99 Å². The number of thiophene rings is 1. The number of carbonyl (C=O) groups excluding carboxylic acids is 1. The Hall–Kier alpha value is -4.15.